The molecule has 3 heterocycles. The highest BCUT2D eigenvalue weighted by atomic mass is 15.2. The Morgan fingerprint density at radius 1 is 0.431 bits per heavy atom. The molecule has 3 aliphatic rings. The maximum atomic E-state index is 2.69. The summed E-state index contributed by atoms with van der Waals surface area (Å²) in [6.07, 6.45) is 0. The van der Waals surface area contributed by atoms with Crippen LogP contribution in [0.15, 0.2) is 182 Å². The standard InChI is InChI=1S/C55H45BN2/c1-54(2,3)41-29-31-48(43(35-41)38-22-13-8-14-23-38)57-50-33-39(36-18-9-6-10-19-36)28-30-47(50)56-52-44(32-40(34-51(52)57)37-20-11-7-12-21-37)42-24-17-26-46-53(42)58(56)49-27-16-15-25-45(49)55(46,4)5/h6-35H,1-5H3. The molecule has 0 spiro atoms. The Bertz CT molecular complexity index is 2910. The van der Waals surface area contributed by atoms with Crippen LogP contribution in [0.4, 0.5) is 28.4 Å². The summed E-state index contributed by atoms with van der Waals surface area (Å²) in [6, 6.07) is 68.3. The molecule has 8 aromatic carbocycles. The summed E-state index contributed by atoms with van der Waals surface area (Å²) in [6.45, 7) is 11.7. The minimum atomic E-state index is -0.171. The summed E-state index contributed by atoms with van der Waals surface area (Å²) >= 11 is 0. The van der Waals surface area contributed by atoms with Crippen molar-refractivity contribution in [2.24, 2.45) is 0 Å². The minimum absolute atomic E-state index is 0.0172. The molecule has 0 unspecified atom stereocenters. The van der Waals surface area contributed by atoms with E-state index in [-0.39, 0.29) is 17.7 Å². The van der Waals surface area contributed by atoms with E-state index in [1.807, 2.05) is 0 Å². The van der Waals surface area contributed by atoms with E-state index in [2.05, 4.69) is 226 Å². The van der Waals surface area contributed by atoms with Crippen LogP contribution in [0.1, 0.15) is 51.3 Å². The third-order valence-electron chi connectivity index (χ3n) is 13.0. The molecule has 0 aromatic heterocycles. The van der Waals surface area contributed by atoms with Crippen LogP contribution in [0.3, 0.4) is 0 Å². The molecule has 3 heteroatoms. The maximum Gasteiger partial charge on any atom is 0.333 e. The zero-order chi connectivity index (χ0) is 39.3. The van der Waals surface area contributed by atoms with E-state index in [9.17, 15) is 0 Å². The van der Waals surface area contributed by atoms with Crippen LogP contribution in [-0.2, 0) is 10.8 Å². The van der Waals surface area contributed by atoms with Crippen molar-refractivity contribution in [3.63, 3.8) is 0 Å². The number of hydrogen-bond acceptors (Lipinski definition) is 2. The van der Waals surface area contributed by atoms with Gasteiger partial charge < -0.3 is 9.71 Å². The molecule has 0 aliphatic carbocycles. The number of nitrogens with zero attached hydrogens (tertiary/aromatic N) is 2. The summed E-state index contributed by atoms with van der Waals surface area (Å²) < 4.78 is 0. The van der Waals surface area contributed by atoms with Gasteiger partial charge in [0.25, 0.3) is 0 Å². The van der Waals surface area contributed by atoms with Crippen molar-refractivity contribution in [1.29, 1.82) is 0 Å². The summed E-state index contributed by atoms with van der Waals surface area (Å²) in [5, 5.41) is 0. The van der Waals surface area contributed by atoms with Gasteiger partial charge in [0.15, 0.2) is 0 Å². The molecule has 0 radical (unpaired) electrons. The first-order valence-electron chi connectivity index (χ1n) is 20.6. The lowest BCUT2D eigenvalue weighted by Crippen LogP contribution is -2.63. The van der Waals surface area contributed by atoms with E-state index in [1.54, 1.807) is 0 Å². The molecule has 0 N–H and O–H groups in total. The minimum Gasteiger partial charge on any atom is -0.376 e. The van der Waals surface area contributed by atoms with E-state index < -0.39 is 0 Å². The highest BCUT2D eigenvalue weighted by Gasteiger charge is 2.50. The molecule has 0 bridgehead atoms. The average Bonchev–Trinajstić information content (AvgIpc) is 3.26. The second-order valence-electron chi connectivity index (χ2n) is 17.8. The Morgan fingerprint density at radius 3 is 1.76 bits per heavy atom. The summed E-state index contributed by atoms with van der Waals surface area (Å²) in [7, 11) is 0. The Morgan fingerprint density at radius 2 is 1.05 bits per heavy atom. The van der Waals surface area contributed by atoms with Gasteiger partial charge in [0.05, 0.1) is 5.69 Å². The van der Waals surface area contributed by atoms with Crippen LogP contribution in [0.5, 0.6) is 0 Å². The van der Waals surface area contributed by atoms with Gasteiger partial charge in [-0.25, -0.2) is 0 Å². The van der Waals surface area contributed by atoms with Crippen molar-refractivity contribution in [3.05, 3.63) is 199 Å². The van der Waals surface area contributed by atoms with Gasteiger partial charge >= 0.3 is 6.85 Å². The van der Waals surface area contributed by atoms with Gasteiger partial charge in [0.2, 0.25) is 0 Å². The van der Waals surface area contributed by atoms with Crippen LogP contribution in [0.2, 0.25) is 0 Å². The predicted octanol–water partition coefficient (Wildman–Crippen LogP) is 13.3. The molecule has 0 fully saturated rings. The number of fused-ring (bicyclic) bond motifs is 6. The smallest absolute Gasteiger partial charge is 0.333 e. The van der Waals surface area contributed by atoms with Gasteiger partial charge in [-0.3, -0.25) is 0 Å². The summed E-state index contributed by atoms with van der Waals surface area (Å²) in [5.41, 5.74) is 22.6. The SMILES string of the molecule is CC(C)(C)c1ccc(N2c3cc(-c4ccccc4)ccc3B3c4c(cc(-c5ccccc5)cc42)-c2cccc4c2N3c2ccccc2C4(C)C)c(-c2ccccc2)c1. The zero-order valence-corrected chi connectivity index (χ0v) is 33.8. The monoisotopic (exact) mass is 744 g/mol. The number of rotatable bonds is 4. The maximum absolute atomic E-state index is 2.69. The number of hydrogen-bond donors (Lipinski definition) is 0. The number of anilines is 5. The Balaban J connectivity index is 1.30. The lowest BCUT2D eigenvalue weighted by molar-refractivity contribution is 0.590. The molecule has 0 saturated carbocycles. The summed E-state index contributed by atoms with van der Waals surface area (Å²) in [5.74, 6) is 0. The fraction of sp³-hybridized carbons (Fsp3) is 0.127. The molecule has 278 valence electrons. The quantitative estimate of drug-likeness (QED) is 0.166. The average molecular weight is 745 g/mol. The van der Waals surface area contributed by atoms with E-state index in [0.717, 1.165) is 0 Å². The molecule has 8 aromatic rings. The lowest BCUT2D eigenvalue weighted by Gasteiger charge is -2.51. The Hall–Kier alpha value is -6.58. The molecule has 3 aliphatic heterocycles. The van der Waals surface area contributed by atoms with Gasteiger partial charge in [0, 0.05) is 39.3 Å². The first-order chi connectivity index (χ1) is 28.2. The molecular formula is C55H45BN2. The third-order valence-corrected chi connectivity index (χ3v) is 13.0. The van der Waals surface area contributed by atoms with Crippen LogP contribution in [0.25, 0.3) is 44.5 Å². The Kier molecular flexibility index (Phi) is 7.60. The van der Waals surface area contributed by atoms with Gasteiger partial charge in [-0.15, -0.1) is 0 Å². The van der Waals surface area contributed by atoms with Crippen LogP contribution >= 0.6 is 0 Å². The highest BCUT2D eigenvalue weighted by Crippen LogP contribution is 2.57. The molecule has 0 saturated heterocycles. The Labute approximate surface area is 343 Å². The molecule has 0 atom stereocenters. The first kappa shape index (κ1) is 34.7. The van der Waals surface area contributed by atoms with Crippen LogP contribution in [-0.4, -0.2) is 6.85 Å². The largest absolute Gasteiger partial charge is 0.376 e. The first-order valence-corrected chi connectivity index (χ1v) is 20.6. The summed E-state index contributed by atoms with van der Waals surface area (Å²) in [4.78, 5) is 5.30. The van der Waals surface area contributed by atoms with Gasteiger partial charge in [-0.05, 0) is 103 Å². The fourth-order valence-electron chi connectivity index (χ4n) is 10.0. The van der Waals surface area contributed by atoms with Crippen molar-refractivity contribution >= 4 is 46.2 Å². The van der Waals surface area contributed by atoms with Crippen molar-refractivity contribution < 1.29 is 0 Å². The fourth-order valence-corrected chi connectivity index (χ4v) is 10.0. The molecule has 11 rings (SSSR count). The van der Waals surface area contributed by atoms with Crippen molar-refractivity contribution in [1.82, 2.24) is 0 Å². The van der Waals surface area contributed by atoms with Gasteiger partial charge in [-0.1, -0.05) is 180 Å². The third kappa shape index (κ3) is 5.12. The molecular weight excluding hydrogens is 699 g/mol. The topological polar surface area (TPSA) is 6.48 Å². The number of para-hydroxylation sites is 2. The normalized spacial score (nSPS) is 14.3. The second-order valence-corrected chi connectivity index (χ2v) is 17.8. The molecule has 2 nitrogen and oxygen atoms in total. The van der Waals surface area contributed by atoms with Crippen molar-refractivity contribution in [2.45, 2.75) is 45.4 Å². The van der Waals surface area contributed by atoms with Crippen LogP contribution in [0, 0.1) is 0 Å². The van der Waals surface area contributed by atoms with E-state index >= 15 is 0 Å². The molecule has 0 amide bonds. The van der Waals surface area contributed by atoms with E-state index in [4.69, 9.17) is 0 Å². The number of benzene rings is 8. The zero-order valence-electron chi connectivity index (χ0n) is 33.8. The highest BCUT2D eigenvalue weighted by molar-refractivity contribution is 6.93. The van der Waals surface area contributed by atoms with E-state index in [1.165, 1.54) is 101 Å². The predicted molar refractivity (Wildman–Crippen MR) is 247 cm³/mol. The van der Waals surface area contributed by atoms with Crippen LogP contribution < -0.4 is 20.6 Å². The van der Waals surface area contributed by atoms with Crippen molar-refractivity contribution in [2.75, 3.05) is 9.71 Å². The second kappa shape index (κ2) is 12.7. The lowest BCUT2D eigenvalue weighted by atomic mass is 9.42. The van der Waals surface area contributed by atoms with Gasteiger partial charge in [0.1, 0.15) is 0 Å². The van der Waals surface area contributed by atoms with Crippen molar-refractivity contribution in [3.8, 4) is 44.5 Å². The van der Waals surface area contributed by atoms with E-state index in [0.29, 0.717) is 0 Å². The van der Waals surface area contributed by atoms with Gasteiger partial charge in [-0.2, -0.15) is 0 Å². The molecule has 58 heavy (non-hydrogen) atoms.